The number of carbonyl (C=O) groups is 1. The number of hydrogen-bond donors (Lipinski definition) is 2. The molecule has 1 saturated carbocycles. The largest absolute Gasteiger partial charge is 0.357 e. The van der Waals surface area contributed by atoms with Crippen molar-refractivity contribution in [3.63, 3.8) is 0 Å². The number of nitrogens with one attached hydrogen (secondary N) is 2. The first-order valence-corrected chi connectivity index (χ1v) is 15.1. The van der Waals surface area contributed by atoms with Crippen LogP contribution in [0.2, 0.25) is 0 Å². The van der Waals surface area contributed by atoms with E-state index in [1.807, 2.05) is 36.4 Å². The zero-order valence-electron chi connectivity index (χ0n) is 22.5. The number of amides is 1. The summed E-state index contributed by atoms with van der Waals surface area (Å²) in [7, 11) is -2.13. The third-order valence-corrected chi connectivity index (χ3v) is 9.30. The lowest BCUT2D eigenvalue weighted by Gasteiger charge is -2.25. The van der Waals surface area contributed by atoms with E-state index in [4.69, 9.17) is 0 Å². The Hall–Kier alpha value is -4.15. The monoisotopic (exact) mass is 571 g/mol. The lowest BCUT2D eigenvalue weighted by Crippen LogP contribution is -2.32. The van der Waals surface area contributed by atoms with Crippen molar-refractivity contribution in [3.05, 3.63) is 113 Å². The van der Waals surface area contributed by atoms with Crippen LogP contribution in [-0.4, -0.2) is 31.3 Å². The molecule has 3 aromatic carbocycles. The molecule has 2 aliphatic rings. The predicted octanol–water partition coefficient (Wildman–Crippen LogP) is 4.96. The first-order chi connectivity index (χ1) is 19.8. The van der Waals surface area contributed by atoms with Gasteiger partial charge in [0.05, 0.1) is 11.4 Å². The summed E-state index contributed by atoms with van der Waals surface area (Å²) in [6, 6.07) is 20.2. The molecule has 1 amide bonds. The van der Waals surface area contributed by atoms with E-state index in [0.717, 1.165) is 40.8 Å². The van der Waals surface area contributed by atoms with Gasteiger partial charge in [-0.3, -0.25) is 4.79 Å². The van der Waals surface area contributed by atoms with Gasteiger partial charge in [0.1, 0.15) is 5.82 Å². The lowest BCUT2D eigenvalue weighted by molar-refractivity contribution is -0.120. The van der Waals surface area contributed by atoms with Crippen LogP contribution in [-0.2, 0) is 27.8 Å². The summed E-state index contributed by atoms with van der Waals surface area (Å²) >= 11 is 0. The second kappa shape index (κ2) is 11.0. The number of halogens is 1. The Kier molecular flexibility index (Phi) is 7.27. The van der Waals surface area contributed by atoms with Gasteiger partial charge in [-0.05, 0) is 78.3 Å². The van der Waals surface area contributed by atoms with Crippen molar-refractivity contribution in [3.8, 4) is 0 Å². The third-order valence-electron chi connectivity index (χ3n) is 7.81. The molecule has 2 aliphatic carbocycles. The van der Waals surface area contributed by atoms with E-state index < -0.39 is 21.9 Å². The molecule has 0 bridgehead atoms. The molecular weight excluding hydrogens is 541 g/mol. The Morgan fingerprint density at radius 3 is 2.46 bits per heavy atom. The molecule has 0 spiro atoms. The summed E-state index contributed by atoms with van der Waals surface area (Å²) in [6.07, 6.45) is 5.48. The van der Waals surface area contributed by atoms with Crippen LogP contribution in [0.3, 0.4) is 0 Å². The maximum Gasteiger partial charge on any atom is 0.241 e. The van der Waals surface area contributed by atoms with Crippen molar-refractivity contribution in [1.29, 1.82) is 0 Å². The predicted molar refractivity (Wildman–Crippen MR) is 154 cm³/mol. The number of rotatable bonds is 9. The molecule has 10 heteroatoms. The summed E-state index contributed by atoms with van der Waals surface area (Å²) in [5.41, 5.74) is 4.49. The second-order valence-electron chi connectivity index (χ2n) is 10.5. The summed E-state index contributed by atoms with van der Waals surface area (Å²) < 4.78 is 42.3. The van der Waals surface area contributed by atoms with E-state index in [2.05, 4.69) is 32.1 Å². The van der Waals surface area contributed by atoms with Gasteiger partial charge in [0.15, 0.2) is 0 Å². The average molecular weight is 572 g/mol. The molecule has 210 valence electrons. The lowest BCUT2D eigenvalue weighted by atomic mass is 10.1. The quantitative estimate of drug-likeness (QED) is 0.294. The molecule has 6 rings (SSSR count). The van der Waals surface area contributed by atoms with Gasteiger partial charge in [0.2, 0.25) is 21.9 Å². The summed E-state index contributed by atoms with van der Waals surface area (Å²) in [4.78, 5) is 24.4. The maximum atomic E-state index is 14.0. The summed E-state index contributed by atoms with van der Waals surface area (Å²) in [5, 5.41) is 2.90. The van der Waals surface area contributed by atoms with Gasteiger partial charge in [-0.1, -0.05) is 36.4 Å². The van der Waals surface area contributed by atoms with Crippen molar-refractivity contribution in [2.24, 2.45) is 5.92 Å². The van der Waals surface area contributed by atoms with Crippen LogP contribution in [0, 0.1) is 11.7 Å². The maximum absolute atomic E-state index is 14.0. The van der Waals surface area contributed by atoms with E-state index in [0.29, 0.717) is 24.5 Å². The summed E-state index contributed by atoms with van der Waals surface area (Å²) in [6.45, 7) is 0.283. The van der Waals surface area contributed by atoms with Crippen molar-refractivity contribution in [2.75, 3.05) is 17.3 Å². The van der Waals surface area contributed by atoms with Gasteiger partial charge in [-0.25, -0.2) is 27.5 Å². The van der Waals surface area contributed by atoms with Crippen LogP contribution in [0.25, 0.3) is 0 Å². The number of aromatic nitrogens is 2. The van der Waals surface area contributed by atoms with Crippen LogP contribution < -0.4 is 14.9 Å². The molecule has 41 heavy (non-hydrogen) atoms. The average Bonchev–Trinajstić information content (AvgIpc) is 3.71. The van der Waals surface area contributed by atoms with Crippen LogP contribution in [0.5, 0.6) is 0 Å². The molecule has 8 nitrogen and oxygen atoms in total. The first kappa shape index (κ1) is 27.0. The number of nitrogens with zero attached hydrogens (tertiary/aromatic N) is 3. The molecule has 1 heterocycles. The smallest absolute Gasteiger partial charge is 0.241 e. The third kappa shape index (κ3) is 5.71. The van der Waals surface area contributed by atoms with E-state index in [1.54, 1.807) is 24.3 Å². The minimum absolute atomic E-state index is 0.00557. The first-order valence-electron chi connectivity index (χ1n) is 13.6. The molecule has 0 aliphatic heterocycles. The number of sulfonamides is 1. The minimum atomic E-state index is -3.87. The van der Waals surface area contributed by atoms with Gasteiger partial charge in [0.25, 0.3) is 0 Å². The van der Waals surface area contributed by atoms with Crippen LogP contribution in [0.15, 0.2) is 90.1 Å². The molecule has 3 unspecified atom stereocenters. The molecule has 1 fully saturated rings. The molecule has 1 aromatic heterocycles. The highest BCUT2D eigenvalue weighted by Gasteiger charge is 2.46. The molecule has 2 N–H and O–H groups in total. The number of aryl methyl sites for hydroxylation is 1. The fourth-order valence-corrected chi connectivity index (χ4v) is 6.78. The topological polar surface area (TPSA) is 104 Å². The van der Waals surface area contributed by atoms with E-state index in [9.17, 15) is 17.6 Å². The zero-order valence-corrected chi connectivity index (χ0v) is 23.3. The SMILES string of the molecule is CNc1ncc(CN(C(=O)C2CC2c2ccccc2)c2ccc3c(c2)C(NS(=O)(=O)c2ccc(F)cc2)CC3)cn1. The highest BCUT2D eigenvalue weighted by molar-refractivity contribution is 7.89. The van der Waals surface area contributed by atoms with Crippen LogP contribution in [0.1, 0.15) is 47.1 Å². The van der Waals surface area contributed by atoms with E-state index in [-0.39, 0.29) is 29.2 Å². The van der Waals surface area contributed by atoms with Crippen molar-refractivity contribution < 1.29 is 17.6 Å². The molecular formula is C31H30FN5O3S. The molecule has 0 saturated heterocycles. The van der Waals surface area contributed by atoms with Crippen LogP contribution >= 0.6 is 0 Å². The minimum Gasteiger partial charge on any atom is -0.357 e. The normalized spacial score (nSPS) is 19.4. The Morgan fingerprint density at radius 1 is 1.02 bits per heavy atom. The van der Waals surface area contributed by atoms with Gasteiger partial charge < -0.3 is 10.2 Å². The highest BCUT2D eigenvalue weighted by atomic mass is 32.2. The Balaban J connectivity index is 1.29. The summed E-state index contributed by atoms with van der Waals surface area (Å²) in [5.74, 6) is 0.0279. The number of carbonyl (C=O) groups excluding carboxylic acids is 1. The van der Waals surface area contributed by atoms with Crippen LogP contribution in [0.4, 0.5) is 16.0 Å². The van der Waals surface area contributed by atoms with Gasteiger partial charge in [0, 0.05) is 42.7 Å². The number of anilines is 2. The fraction of sp³-hybridized carbons (Fsp3) is 0.258. The molecule has 3 atom stereocenters. The standard InChI is InChI=1S/C31H30FN5O3S/c1-33-31-34-17-20(18-35-31)19-37(30(38)28-16-26(28)21-5-3-2-4-6-21)24-11-7-22-8-14-29(27(22)15-24)36-41(39,40)25-12-9-23(32)10-13-25/h2-7,9-13,15,17-18,26,28-29,36H,8,14,16,19H2,1H3,(H,33,34,35). The number of hydrogen-bond acceptors (Lipinski definition) is 6. The second-order valence-corrected chi connectivity index (χ2v) is 12.2. The van der Waals surface area contributed by atoms with Crippen molar-refractivity contribution >= 4 is 27.6 Å². The van der Waals surface area contributed by atoms with Crippen molar-refractivity contribution in [2.45, 2.75) is 42.7 Å². The zero-order chi connectivity index (χ0) is 28.6. The van der Waals surface area contributed by atoms with Gasteiger partial charge in [-0.15, -0.1) is 0 Å². The fourth-order valence-electron chi connectivity index (χ4n) is 5.53. The Labute approximate surface area is 238 Å². The number of benzene rings is 3. The molecule has 0 radical (unpaired) electrons. The Bertz CT molecular complexity index is 1660. The van der Waals surface area contributed by atoms with E-state index >= 15 is 0 Å². The Morgan fingerprint density at radius 2 is 1.76 bits per heavy atom. The van der Waals surface area contributed by atoms with Crippen molar-refractivity contribution in [1.82, 2.24) is 14.7 Å². The number of fused-ring (bicyclic) bond motifs is 1. The van der Waals surface area contributed by atoms with Gasteiger partial charge in [-0.2, -0.15) is 0 Å². The van der Waals surface area contributed by atoms with E-state index in [1.165, 1.54) is 12.1 Å². The highest BCUT2D eigenvalue weighted by Crippen LogP contribution is 2.49. The van der Waals surface area contributed by atoms with Gasteiger partial charge >= 0.3 is 0 Å². The molecule has 4 aromatic rings.